The van der Waals surface area contributed by atoms with E-state index < -0.39 is 47.4 Å². The molecule has 8 nitrogen and oxygen atoms in total. The molecule has 11 heteroatoms. The largest absolute Gasteiger partial charge is 0.457 e. The molecule has 0 aromatic carbocycles. The molecule has 1 aromatic rings. The van der Waals surface area contributed by atoms with Crippen LogP contribution in [0.4, 0.5) is 0 Å². The maximum absolute atomic E-state index is 12.1. The standard InChI is InChI=1S/C23H39BO8Si2/c1-14(2)33(15(3)4)29-12-19-20(31-34(32-33,16(5)6)17(7)8)21(22(24)30-19)27-13-28-23(25)18-10-9-11-26-18/h9-11,14-17,19-22H,12-13H2,1-8H3/t19-,20-,21-,22-/m1/s1. The molecule has 2 aliphatic heterocycles. The first-order chi connectivity index (χ1) is 15.9. The van der Waals surface area contributed by atoms with Crippen LogP contribution in [0.25, 0.3) is 0 Å². The van der Waals surface area contributed by atoms with Crippen LogP contribution in [-0.2, 0) is 27.2 Å². The Bertz CT molecular complexity index is 785. The first kappa shape index (κ1) is 27.6. The third kappa shape index (κ3) is 5.25. The summed E-state index contributed by atoms with van der Waals surface area (Å²) in [5.74, 6) is -0.510. The predicted molar refractivity (Wildman–Crippen MR) is 132 cm³/mol. The first-order valence-corrected chi connectivity index (χ1v) is 16.1. The van der Waals surface area contributed by atoms with Gasteiger partial charge in [-0.1, -0.05) is 55.4 Å². The number of carbonyl (C=O) groups is 1. The third-order valence-electron chi connectivity index (χ3n) is 6.85. The van der Waals surface area contributed by atoms with E-state index in [2.05, 4.69) is 55.4 Å². The molecule has 4 atom stereocenters. The second-order valence-corrected chi connectivity index (χ2v) is 19.2. The molecule has 3 heterocycles. The van der Waals surface area contributed by atoms with Gasteiger partial charge < -0.3 is 31.6 Å². The third-order valence-corrected chi connectivity index (χ3v) is 17.1. The molecule has 0 bridgehead atoms. The van der Waals surface area contributed by atoms with E-state index in [1.54, 1.807) is 6.07 Å². The Morgan fingerprint density at radius 1 is 1.06 bits per heavy atom. The molecule has 190 valence electrons. The van der Waals surface area contributed by atoms with Gasteiger partial charge in [0.2, 0.25) is 5.76 Å². The van der Waals surface area contributed by atoms with Crippen molar-refractivity contribution in [1.29, 1.82) is 0 Å². The fourth-order valence-corrected chi connectivity index (χ4v) is 16.2. The van der Waals surface area contributed by atoms with Gasteiger partial charge >= 0.3 is 23.1 Å². The second kappa shape index (κ2) is 11.0. The summed E-state index contributed by atoms with van der Waals surface area (Å²) in [6, 6.07) is 2.39. The number of rotatable bonds is 8. The summed E-state index contributed by atoms with van der Waals surface area (Å²) in [5, 5.41) is 0. The summed E-state index contributed by atoms with van der Waals surface area (Å²) < 4.78 is 43.1. The van der Waals surface area contributed by atoms with E-state index >= 15 is 0 Å². The van der Waals surface area contributed by atoms with Crippen LogP contribution >= 0.6 is 0 Å². The topological polar surface area (TPSA) is 85.6 Å². The highest BCUT2D eigenvalue weighted by Crippen LogP contribution is 2.47. The highest BCUT2D eigenvalue weighted by Gasteiger charge is 2.61. The van der Waals surface area contributed by atoms with Gasteiger partial charge in [0.25, 0.3) is 0 Å². The zero-order valence-electron chi connectivity index (χ0n) is 21.6. The molecule has 3 rings (SSSR count). The lowest BCUT2D eigenvalue weighted by Gasteiger charge is -2.51. The lowest BCUT2D eigenvalue weighted by Crippen LogP contribution is -2.66. The summed E-state index contributed by atoms with van der Waals surface area (Å²) in [6.07, 6.45) is -0.137. The van der Waals surface area contributed by atoms with E-state index in [9.17, 15) is 4.79 Å². The van der Waals surface area contributed by atoms with Gasteiger partial charge in [-0.15, -0.1) is 0 Å². The maximum Gasteiger partial charge on any atom is 0.376 e. The van der Waals surface area contributed by atoms with E-state index in [1.165, 1.54) is 12.3 Å². The zero-order chi connectivity index (χ0) is 25.3. The van der Waals surface area contributed by atoms with E-state index in [0.717, 1.165) is 0 Å². The van der Waals surface area contributed by atoms with Gasteiger partial charge in [-0.2, -0.15) is 0 Å². The van der Waals surface area contributed by atoms with Crippen molar-refractivity contribution < 1.29 is 36.4 Å². The number of hydrogen-bond donors (Lipinski definition) is 0. The number of esters is 1. The Kier molecular flexibility index (Phi) is 8.92. The molecule has 0 N–H and O–H groups in total. The highest BCUT2D eigenvalue weighted by atomic mass is 28.5. The van der Waals surface area contributed by atoms with Gasteiger partial charge in [0, 0.05) is 6.00 Å². The van der Waals surface area contributed by atoms with Crippen LogP contribution < -0.4 is 0 Å². The van der Waals surface area contributed by atoms with E-state index in [0.29, 0.717) is 6.61 Å². The molecule has 1 aromatic heterocycles. The normalized spacial score (nSPS) is 28.8. The van der Waals surface area contributed by atoms with Gasteiger partial charge in [0.15, 0.2) is 6.79 Å². The Labute approximate surface area is 206 Å². The van der Waals surface area contributed by atoms with Crippen LogP contribution in [0.1, 0.15) is 65.9 Å². The number of carbonyl (C=O) groups excluding carboxylic acids is 1. The monoisotopic (exact) mass is 510 g/mol. The van der Waals surface area contributed by atoms with Crippen LogP contribution in [0.2, 0.25) is 22.2 Å². The van der Waals surface area contributed by atoms with Crippen molar-refractivity contribution in [2.24, 2.45) is 0 Å². The van der Waals surface area contributed by atoms with Crippen LogP contribution in [0, 0.1) is 0 Å². The molecule has 0 amide bonds. The van der Waals surface area contributed by atoms with Crippen molar-refractivity contribution in [3.05, 3.63) is 24.2 Å². The minimum Gasteiger partial charge on any atom is -0.457 e. The number of fused-ring (bicyclic) bond motifs is 1. The molecule has 2 aliphatic rings. The quantitative estimate of drug-likeness (QED) is 0.284. The summed E-state index contributed by atoms with van der Waals surface area (Å²) in [4.78, 5) is 12.1. The predicted octanol–water partition coefficient (Wildman–Crippen LogP) is 4.63. The van der Waals surface area contributed by atoms with Crippen LogP contribution in [-0.4, -0.2) is 68.7 Å². The Hall–Kier alpha value is -0.951. The van der Waals surface area contributed by atoms with Gasteiger partial charge in [0.05, 0.1) is 12.9 Å². The molecule has 2 fully saturated rings. The molecular weight excluding hydrogens is 471 g/mol. The summed E-state index contributed by atoms with van der Waals surface area (Å²) in [6.45, 7) is 17.3. The lowest BCUT2D eigenvalue weighted by molar-refractivity contribution is -0.0996. The van der Waals surface area contributed by atoms with Gasteiger partial charge in [0.1, 0.15) is 26.2 Å². The van der Waals surface area contributed by atoms with E-state index in [1.807, 2.05) is 0 Å². The molecule has 0 unspecified atom stereocenters. The maximum atomic E-state index is 12.1. The number of hydrogen-bond acceptors (Lipinski definition) is 8. The Morgan fingerprint density at radius 3 is 2.21 bits per heavy atom. The van der Waals surface area contributed by atoms with Crippen LogP contribution in [0.3, 0.4) is 0 Å². The highest BCUT2D eigenvalue weighted by molar-refractivity contribution is 6.84. The van der Waals surface area contributed by atoms with Crippen molar-refractivity contribution in [2.45, 2.75) is 102 Å². The van der Waals surface area contributed by atoms with Crippen molar-refractivity contribution in [2.75, 3.05) is 13.4 Å². The smallest absolute Gasteiger partial charge is 0.376 e. The number of furan rings is 1. The Balaban J connectivity index is 1.85. The van der Waals surface area contributed by atoms with Crippen molar-refractivity contribution >= 4 is 30.9 Å². The van der Waals surface area contributed by atoms with Crippen molar-refractivity contribution in [1.82, 2.24) is 0 Å². The number of ether oxygens (including phenoxy) is 3. The fraction of sp³-hybridized carbons (Fsp3) is 0.783. The minimum atomic E-state index is -2.84. The molecule has 0 spiro atoms. The molecule has 2 saturated heterocycles. The van der Waals surface area contributed by atoms with Gasteiger partial charge in [-0.05, 0) is 34.3 Å². The molecule has 34 heavy (non-hydrogen) atoms. The van der Waals surface area contributed by atoms with Gasteiger partial charge in [-0.3, -0.25) is 0 Å². The molecule has 0 aliphatic carbocycles. The summed E-state index contributed by atoms with van der Waals surface area (Å²) in [5.41, 5.74) is 0.794. The van der Waals surface area contributed by atoms with Crippen LogP contribution in [0.5, 0.6) is 0 Å². The van der Waals surface area contributed by atoms with Crippen molar-refractivity contribution in [3.63, 3.8) is 0 Å². The zero-order valence-corrected chi connectivity index (χ0v) is 23.6. The summed E-state index contributed by atoms with van der Waals surface area (Å²) >= 11 is 0. The van der Waals surface area contributed by atoms with E-state index in [-0.39, 0.29) is 34.7 Å². The summed E-state index contributed by atoms with van der Waals surface area (Å²) in [7, 11) is 0.819. The second-order valence-electron chi connectivity index (χ2n) is 10.4. The van der Waals surface area contributed by atoms with Crippen LogP contribution in [0.15, 0.2) is 22.8 Å². The lowest BCUT2D eigenvalue weighted by atomic mass is 9.93. The average molecular weight is 511 g/mol. The molecular formula is C23H39BO8Si2. The van der Waals surface area contributed by atoms with E-state index in [4.69, 9.17) is 39.4 Å². The first-order valence-electron chi connectivity index (χ1n) is 12.2. The molecule has 0 saturated carbocycles. The molecule has 2 radical (unpaired) electrons. The average Bonchev–Trinajstić information content (AvgIpc) is 3.37. The fourth-order valence-electron chi connectivity index (χ4n) is 4.99. The Morgan fingerprint density at radius 2 is 1.68 bits per heavy atom. The van der Waals surface area contributed by atoms with Gasteiger partial charge in [-0.25, -0.2) is 4.79 Å². The van der Waals surface area contributed by atoms with Crippen molar-refractivity contribution in [3.8, 4) is 0 Å². The SMILES string of the molecule is [B][C@@H]1O[C@@H]2CO[Si](C(C)C)(C(C)C)O[Si](C(C)C)(C(C)C)O[C@H]2[C@H]1OCOC(=O)c1ccco1. The minimum absolute atomic E-state index is 0.104.